The second kappa shape index (κ2) is 14.4. The van der Waals surface area contributed by atoms with E-state index in [9.17, 15) is 0 Å². The van der Waals surface area contributed by atoms with Gasteiger partial charge in [0.1, 0.15) is 0 Å². The van der Waals surface area contributed by atoms with Gasteiger partial charge in [0.15, 0.2) is 5.79 Å². The molecule has 0 radical (unpaired) electrons. The van der Waals surface area contributed by atoms with Gasteiger partial charge in [-0.05, 0) is 32.7 Å². The fourth-order valence-corrected chi connectivity index (χ4v) is 2.96. The molecule has 134 valence electrons. The molecule has 0 aliphatic rings. The van der Waals surface area contributed by atoms with Crippen molar-refractivity contribution in [2.75, 3.05) is 33.9 Å². The maximum Gasteiger partial charge on any atom is 0.167 e. The van der Waals surface area contributed by atoms with Crippen molar-refractivity contribution in [3.05, 3.63) is 0 Å². The first-order chi connectivity index (χ1) is 10.6. The lowest BCUT2D eigenvalue weighted by Crippen LogP contribution is -2.39. The predicted molar refractivity (Wildman–Crippen MR) is 95.1 cm³/mol. The van der Waals surface area contributed by atoms with Gasteiger partial charge in [0, 0.05) is 33.2 Å². The average Bonchev–Trinajstić information content (AvgIpc) is 2.55. The average molecular weight is 317 g/mol. The summed E-state index contributed by atoms with van der Waals surface area (Å²) >= 11 is 0. The van der Waals surface area contributed by atoms with E-state index < -0.39 is 5.79 Å². The molecule has 3 N–H and O–H groups in total. The number of nitrogens with two attached hydrogens (primary N) is 1. The Kier molecular flexibility index (Phi) is 14.3. The normalized spacial score (nSPS) is 13.5. The summed E-state index contributed by atoms with van der Waals surface area (Å²) in [5.41, 5.74) is 5.50. The quantitative estimate of drug-likeness (QED) is 0.337. The molecule has 0 heterocycles. The molecular formula is C18H40N2O2. The van der Waals surface area contributed by atoms with Gasteiger partial charge in [0.05, 0.1) is 0 Å². The zero-order valence-corrected chi connectivity index (χ0v) is 15.5. The Hall–Kier alpha value is -0.160. The molecule has 0 spiro atoms. The van der Waals surface area contributed by atoms with Crippen molar-refractivity contribution >= 4 is 0 Å². The van der Waals surface area contributed by atoms with Crippen LogP contribution in [0.4, 0.5) is 0 Å². The Labute approximate surface area is 138 Å². The molecule has 0 amide bonds. The highest BCUT2D eigenvalue weighted by Crippen LogP contribution is 2.31. The maximum absolute atomic E-state index is 5.66. The lowest BCUT2D eigenvalue weighted by molar-refractivity contribution is -0.230. The monoisotopic (exact) mass is 316 g/mol. The standard InChI is InChI=1S/C18H40N2O2/c1-5-6-7-8-9-10-12-17(18(2,21-3)22-4)13-11-15-20-16-14-19/h17,20H,5-16,19H2,1-4H3/t17-/m1/s1. The fourth-order valence-electron chi connectivity index (χ4n) is 2.96. The second-order valence-electron chi connectivity index (χ2n) is 6.36. The van der Waals surface area contributed by atoms with Crippen molar-refractivity contribution < 1.29 is 9.47 Å². The van der Waals surface area contributed by atoms with Crippen molar-refractivity contribution in [1.29, 1.82) is 0 Å². The van der Waals surface area contributed by atoms with E-state index in [1.807, 2.05) is 0 Å². The number of ether oxygens (including phenoxy) is 2. The highest BCUT2D eigenvalue weighted by molar-refractivity contribution is 4.75. The van der Waals surface area contributed by atoms with E-state index in [0.717, 1.165) is 25.9 Å². The van der Waals surface area contributed by atoms with Gasteiger partial charge in [-0.15, -0.1) is 0 Å². The molecular weight excluding hydrogens is 276 g/mol. The van der Waals surface area contributed by atoms with Crippen LogP contribution in [0, 0.1) is 5.92 Å². The third kappa shape index (κ3) is 9.78. The van der Waals surface area contributed by atoms with E-state index in [2.05, 4.69) is 19.2 Å². The van der Waals surface area contributed by atoms with Crippen molar-refractivity contribution in [2.45, 2.75) is 77.4 Å². The zero-order chi connectivity index (χ0) is 16.7. The van der Waals surface area contributed by atoms with E-state index in [1.165, 1.54) is 44.9 Å². The smallest absolute Gasteiger partial charge is 0.167 e. The van der Waals surface area contributed by atoms with Crippen LogP contribution in [0.3, 0.4) is 0 Å². The molecule has 0 aliphatic heterocycles. The Morgan fingerprint density at radius 2 is 1.50 bits per heavy atom. The molecule has 0 aromatic carbocycles. The van der Waals surface area contributed by atoms with Crippen molar-refractivity contribution in [3.8, 4) is 0 Å². The van der Waals surface area contributed by atoms with Crippen LogP contribution in [-0.4, -0.2) is 39.6 Å². The number of hydrogen-bond donors (Lipinski definition) is 2. The molecule has 0 bridgehead atoms. The molecule has 0 rings (SSSR count). The fraction of sp³-hybridized carbons (Fsp3) is 1.00. The SMILES string of the molecule is CCCCCCCC[C@H](CCCNCCN)C(C)(OC)OC. The third-order valence-corrected chi connectivity index (χ3v) is 4.69. The zero-order valence-electron chi connectivity index (χ0n) is 15.5. The first-order valence-corrected chi connectivity index (χ1v) is 9.15. The van der Waals surface area contributed by atoms with Crippen LogP contribution < -0.4 is 11.1 Å². The largest absolute Gasteiger partial charge is 0.353 e. The number of nitrogens with one attached hydrogen (secondary N) is 1. The van der Waals surface area contributed by atoms with Gasteiger partial charge in [-0.1, -0.05) is 45.4 Å². The van der Waals surface area contributed by atoms with Gasteiger partial charge in [0.2, 0.25) is 0 Å². The Bertz CT molecular complexity index is 233. The van der Waals surface area contributed by atoms with E-state index >= 15 is 0 Å². The molecule has 0 saturated heterocycles. The highest BCUT2D eigenvalue weighted by atomic mass is 16.7. The van der Waals surface area contributed by atoms with Gasteiger partial charge < -0.3 is 20.5 Å². The topological polar surface area (TPSA) is 56.5 Å². The number of unbranched alkanes of at least 4 members (excludes halogenated alkanes) is 5. The summed E-state index contributed by atoms with van der Waals surface area (Å²) in [5.74, 6) is -0.00885. The van der Waals surface area contributed by atoms with Crippen LogP contribution in [-0.2, 0) is 9.47 Å². The summed E-state index contributed by atoms with van der Waals surface area (Å²) in [6.07, 6.45) is 11.5. The first kappa shape index (κ1) is 21.8. The van der Waals surface area contributed by atoms with Gasteiger partial charge >= 0.3 is 0 Å². The summed E-state index contributed by atoms with van der Waals surface area (Å²) in [4.78, 5) is 0. The molecule has 0 unspecified atom stereocenters. The van der Waals surface area contributed by atoms with Gasteiger partial charge in [-0.3, -0.25) is 0 Å². The van der Waals surface area contributed by atoms with Crippen LogP contribution in [0.25, 0.3) is 0 Å². The lowest BCUT2D eigenvalue weighted by Gasteiger charge is -2.35. The summed E-state index contributed by atoms with van der Waals surface area (Å²) in [5, 5.41) is 3.36. The highest BCUT2D eigenvalue weighted by Gasteiger charge is 2.33. The van der Waals surface area contributed by atoms with Crippen LogP contribution in [0.2, 0.25) is 0 Å². The van der Waals surface area contributed by atoms with Crippen molar-refractivity contribution in [2.24, 2.45) is 11.7 Å². The molecule has 0 aromatic rings. The Balaban J connectivity index is 4.11. The maximum atomic E-state index is 5.66. The summed E-state index contributed by atoms with van der Waals surface area (Å²) in [7, 11) is 3.51. The molecule has 22 heavy (non-hydrogen) atoms. The summed E-state index contributed by atoms with van der Waals surface area (Å²) in [6.45, 7) is 6.95. The van der Waals surface area contributed by atoms with Crippen molar-refractivity contribution in [1.82, 2.24) is 5.32 Å². The van der Waals surface area contributed by atoms with E-state index in [0.29, 0.717) is 12.5 Å². The van der Waals surface area contributed by atoms with E-state index in [-0.39, 0.29) is 0 Å². The summed E-state index contributed by atoms with van der Waals surface area (Å²) < 4.78 is 11.3. The van der Waals surface area contributed by atoms with Gasteiger partial charge in [0.25, 0.3) is 0 Å². The van der Waals surface area contributed by atoms with Gasteiger partial charge in [-0.2, -0.15) is 0 Å². The first-order valence-electron chi connectivity index (χ1n) is 9.15. The third-order valence-electron chi connectivity index (χ3n) is 4.69. The predicted octanol–water partition coefficient (Wildman–Crippen LogP) is 3.69. The molecule has 0 aliphatic carbocycles. The minimum atomic E-state index is -0.461. The van der Waals surface area contributed by atoms with Crippen LogP contribution >= 0.6 is 0 Å². The van der Waals surface area contributed by atoms with Crippen LogP contribution in [0.15, 0.2) is 0 Å². The van der Waals surface area contributed by atoms with Gasteiger partial charge in [-0.25, -0.2) is 0 Å². The lowest BCUT2D eigenvalue weighted by atomic mass is 9.88. The molecule has 4 heteroatoms. The Morgan fingerprint density at radius 3 is 2.09 bits per heavy atom. The summed E-state index contributed by atoms with van der Waals surface area (Å²) in [6, 6.07) is 0. The number of methoxy groups -OCH3 is 2. The minimum absolute atomic E-state index is 0.452. The Morgan fingerprint density at radius 1 is 0.909 bits per heavy atom. The van der Waals surface area contributed by atoms with Crippen molar-refractivity contribution in [3.63, 3.8) is 0 Å². The molecule has 4 nitrogen and oxygen atoms in total. The number of rotatable bonds is 16. The number of hydrogen-bond acceptors (Lipinski definition) is 4. The van der Waals surface area contributed by atoms with Crippen LogP contribution in [0.5, 0.6) is 0 Å². The molecule has 0 saturated carbocycles. The van der Waals surface area contributed by atoms with E-state index in [1.54, 1.807) is 14.2 Å². The van der Waals surface area contributed by atoms with E-state index in [4.69, 9.17) is 15.2 Å². The molecule has 0 aromatic heterocycles. The van der Waals surface area contributed by atoms with Crippen LogP contribution in [0.1, 0.15) is 71.6 Å². The molecule has 0 fully saturated rings. The molecule has 1 atom stereocenters. The second-order valence-corrected chi connectivity index (χ2v) is 6.36. The minimum Gasteiger partial charge on any atom is -0.353 e.